The van der Waals surface area contributed by atoms with Crippen LogP contribution in [0.3, 0.4) is 0 Å². The summed E-state index contributed by atoms with van der Waals surface area (Å²) in [6, 6.07) is 7.74. The summed E-state index contributed by atoms with van der Waals surface area (Å²) in [5, 5.41) is 102. The number of aliphatic carboxylic acids is 3. The second-order valence-corrected chi connectivity index (χ2v) is 16.7. The van der Waals surface area contributed by atoms with Crippen molar-refractivity contribution in [1.29, 1.82) is 0 Å². The number of ether oxygens (including phenoxy) is 5. The zero-order valence-corrected chi connectivity index (χ0v) is 42.1. The SMILES string of the molecule is O=C([O-])CN1CCN(CC(=O)[O-])CCN(CC(=O)NCCOCCOCCOCCNC(=O)[C@H]2OC(Oc3cc4oc(-c5ccc(O)cc5)cc(=O)c4c(O)c3O)[C@H](O)[C@@H](O)[C@@H]2O)CCN(CC(=O)[O-])CC1.[68Ga+3]. The first kappa shape index (κ1) is 60.0. The van der Waals surface area contributed by atoms with Crippen LogP contribution in [-0.2, 0) is 42.9 Å². The topological polar surface area (TPSA) is 389 Å². The summed E-state index contributed by atoms with van der Waals surface area (Å²) in [5.74, 6) is -7.71. The number of amides is 2. The molecular formula is C45H59GaN6O21. The molecule has 27 nitrogen and oxygen atoms in total. The maximum atomic E-state index is 13.0. The van der Waals surface area contributed by atoms with Gasteiger partial charge in [0.2, 0.25) is 17.9 Å². The number of hydrogen-bond acceptors (Lipinski definition) is 25. The molecule has 2 fully saturated rings. The molecule has 0 radical (unpaired) electrons. The smallest absolute Gasteiger partial charge is 0.549 e. The van der Waals surface area contributed by atoms with E-state index in [-0.39, 0.29) is 154 Å². The van der Waals surface area contributed by atoms with Gasteiger partial charge in [-0.25, -0.2) is 0 Å². The number of carbonyl (C=O) groups is 5. The van der Waals surface area contributed by atoms with Crippen molar-refractivity contribution in [3.63, 3.8) is 0 Å². The zero-order valence-electron chi connectivity index (χ0n) is 39.7. The Balaban J connectivity index is 0.0000116. The number of hydrogen-bond donors (Lipinski definition) is 8. The van der Waals surface area contributed by atoms with Crippen molar-refractivity contribution in [2.24, 2.45) is 0 Å². The molecule has 2 aliphatic rings. The summed E-state index contributed by atoms with van der Waals surface area (Å²) in [6.07, 6.45) is -9.54. The summed E-state index contributed by atoms with van der Waals surface area (Å²) in [6.45, 7) is 1.09. The minimum Gasteiger partial charge on any atom is -0.549 e. The van der Waals surface area contributed by atoms with E-state index in [0.717, 1.165) is 12.1 Å². The molecule has 5 rings (SSSR count). The number of benzene rings is 2. The van der Waals surface area contributed by atoms with E-state index >= 15 is 0 Å². The van der Waals surface area contributed by atoms with Gasteiger partial charge in [-0.3, -0.25) is 34.0 Å². The van der Waals surface area contributed by atoms with Crippen molar-refractivity contribution in [2.45, 2.75) is 30.7 Å². The summed E-state index contributed by atoms with van der Waals surface area (Å²) in [7, 11) is 0. The minimum absolute atomic E-state index is 0. The number of phenols is 3. The molecule has 28 heteroatoms. The van der Waals surface area contributed by atoms with Crippen LogP contribution in [-0.4, -0.2) is 262 Å². The third-order valence-electron chi connectivity index (χ3n) is 11.4. The Labute approximate surface area is 430 Å². The zero-order chi connectivity index (χ0) is 52.3. The summed E-state index contributed by atoms with van der Waals surface area (Å²) >= 11 is 0. The first-order valence-electron chi connectivity index (χ1n) is 22.8. The number of carbonyl (C=O) groups excluding carboxylic acids is 5. The number of aliphatic hydroxyl groups is 3. The van der Waals surface area contributed by atoms with Crippen molar-refractivity contribution in [3.05, 3.63) is 46.6 Å². The second kappa shape index (κ2) is 29.9. The molecule has 2 aromatic carbocycles. The average Bonchev–Trinajstić information content (AvgIpc) is 3.32. The molecule has 73 heavy (non-hydrogen) atoms. The molecule has 0 spiro atoms. The number of rotatable bonds is 24. The van der Waals surface area contributed by atoms with Crippen molar-refractivity contribution in [3.8, 4) is 34.3 Å². The van der Waals surface area contributed by atoms with E-state index in [4.69, 9.17) is 28.1 Å². The summed E-state index contributed by atoms with van der Waals surface area (Å²) < 4.78 is 33.2. The van der Waals surface area contributed by atoms with Gasteiger partial charge in [-0.05, 0) is 24.3 Å². The van der Waals surface area contributed by atoms with Crippen LogP contribution in [0.15, 0.2) is 45.6 Å². The quantitative estimate of drug-likeness (QED) is 0.0235. The van der Waals surface area contributed by atoms with Gasteiger partial charge in [0.15, 0.2) is 23.0 Å². The van der Waals surface area contributed by atoms with Gasteiger partial charge < -0.3 is 99.1 Å². The van der Waals surface area contributed by atoms with Crippen molar-refractivity contribution < 1.29 is 98.0 Å². The maximum Gasteiger partial charge on any atom is 3.00 e. The molecule has 0 aliphatic carbocycles. The largest absolute Gasteiger partial charge is 3.00 e. The van der Waals surface area contributed by atoms with Crippen LogP contribution in [0.25, 0.3) is 22.3 Å². The van der Waals surface area contributed by atoms with Gasteiger partial charge in [0.25, 0.3) is 5.91 Å². The molecule has 0 saturated carbocycles. The molecule has 5 atom stereocenters. The number of nitrogens with zero attached hydrogens (tertiary/aromatic N) is 4. The first-order valence-corrected chi connectivity index (χ1v) is 22.8. The molecular weight excluding hydrogens is 1030 g/mol. The van der Waals surface area contributed by atoms with E-state index in [0.29, 0.717) is 5.56 Å². The fraction of sp³-hybridized carbons (Fsp3) is 0.556. The monoisotopic (exact) mass is 1090 g/mol. The number of carboxylic acids is 3. The van der Waals surface area contributed by atoms with Gasteiger partial charge in [-0.1, -0.05) is 0 Å². The van der Waals surface area contributed by atoms with Crippen LogP contribution in [0.2, 0.25) is 0 Å². The van der Waals surface area contributed by atoms with E-state index in [1.165, 1.54) is 29.2 Å². The Kier molecular flexibility index (Phi) is 24.6. The molecule has 2 aliphatic heterocycles. The van der Waals surface area contributed by atoms with Gasteiger partial charge >= 0.3 is 19.8 Å². The molecule has 8 N–H and O–H groups in total. The molecule has 1 aromatic heterocycles. The number of fused-ring (bicyclic) bond motifs is 1. The number of nitrogens with one attached hydrogen (secondary N) is 2. The van der Waals surface area contributed by atoms with Crippen molar-refractivity contribution >= 4 is 60.5 Å². The van der Waals surface area contributed by atoms with Crippen LogP contribution in [0.4, 0.5) is 0 Å². The normalized spacial score (nSPS) is 20.8. The fourth-order valence-corrected chi connectivity index (χ4v) is 7.58. The molecule has 3 aromatic rings. The summed E-state index contributed by atoms with van der Waals surface area (Å²) in [5.41, 5.74) is -0.610. The maximum absolute atomic E-state index is 13.0. The molecule has 398 valence electrons. The number of phenolic OH excluding ortho intramolecular Hbond substituents is 3. The van der Waals surface area contributed by atoms with Crippen LogP contribution >= 0.6 is 0 Å². The average molecular weight is 1090 g/mol. The summed E-state index contributed by atoms with van der Waals surface area (Å²) in [4.78, 5) is 79.2. The van der Waals surface area contributed by atoms with Crippen LogP contribution in [0, 0.1) is 0 Å². The first-order chi connectivity index (χ1) is 34.4. The van der Waals surface area contributed by atoms with Gasteiger partial charge in [-0.15, -0.1) is 0 Å². The Bertz CT molecular complexity index is 2310. The predicted octanol–water partition coefficient (Wildman–Crippen LogP) is -7.86. The molecule has 2 saturated heterocycles. The third kappa shape index (κ3) is 19.0. The van der Waals surface area contributed by atoms with Crippen LogP contribution < -0.4 is 36.1 Å². The molecule has 1 unspecified atom stereocenters. The molecule has 0 bridgehead atoms. The fourth-order valence-electron chi connectivity index (χ4n) is 7.58. The van der Waals surface area contributed by atoms with Crippen molar-refractivity contribution in [2.75, 3.05) is 131 Å². The molecule has 3 heterocycles. The van der Waals surface area contributed by atoms with Crippen LogP contribution in [0.5, 0.6) is 23.0 Å². The van der Waals surface area contributed by atoms with Gasteiger partial charge in [0.1, 0.15) is 40.8 Å². The number of aromatic hydroxyl groups is 3. The van der Waals surface area contributed by atoms with E-state index in [9.17, 15) is 74.7 Å². The van der Waals surface area contributed by atoms with Gasteiger partial charge in [0.05, 0.1) is 64.1 Å². The standard InChI is InChI=1S/C45H62N6O21.Ga/c52-28-3-1-27(2-4-28)30-21-29(53)37-31(70-30)22-32(38(61)39(37)62)71-45-42(65)40(63)41(64)43(72-45)44(66)47-6-16-68-18-20-69-19-17-67-15-5-46-33(54)23-48-7-9-49(24-34(55)56)11-13-51(26-36(59)60)14-12-50(10-8-48)25-35(57)58;/h1-4,21-22,40-43,45,52,61-65H,5-20,23-26H2,(H,46,54)(H,47,66)(H,55,56)(H,57,58)(H,59,60);/q;+3/p-3/t40-,41-,42+,43-,45?;/m0./s1/i;1-2. The van der Waals surface area contributed by atoms with E-state index in [1.54, 1.807) is 14.7 Å². The third-order valence-corrected chi connectivity index (χ3v) is 11.4. The predicted molar refractivity (Wildman–Crippen MR) is 245 cm³/mol. The Hall–Kier alpha value is -5.60. The van der Waals surface area contributed by atoms with E-state index < -0.39 is 102 Å². The Morgan fingerprint density at radius 1 is 0.616 bits per heavy atom. The van der Waals surface area contributed by atoms with E-state index in [2.05, 4.69) is 10.6 Å². The second-order valence-electron chi connectivity index (χ2n) is 16.7. The minimum atomic E-state index is -1.97. The van der Waals surface area contributed by atoms with Crippen LogP contribution in [0.1, 0.15) is 0 Å². The van der Waals surface area contributed by atoms with Gasteiger partial charge in [-0.2, -0.15) is 0 Å². The number of aliphatic hydroxyl groups excluding tert-OH is 3. The van der Waals surface area contributed by atoms with E-state index in [1.807, 2.05) is 0 Å². The van der Waals surface area contributed by atoms with Gasteiger partial charge in [0, 0.05) is 103 Å². The number of carboxylic acid groups (broad SMARTS) is 3. The Morgan fingerprint density at radius 3 is 1.58 bits per heavy atom. The Morgan fingerprint density at radius 2 is 1.08 bits per heavy atom. The van der Waals surface area contributed by atoms with Crippen molar-refractivity contribution in [1.82, 2.24) is 30.2 Å². The molecule has 2 amide bonds.